The van der Waals surface area contributed by atoms with Gasteiger partial charge in [0.2, 0.25) is 0 Å². The summed E-state index contributed by atoms with van der Waals surface area (Å²) in [7, 11) is -0.147. The van der Waals surface area contributed by atoms with Crippen LogP contribution in [0.25, 0.3) is 0 Å². The minimum atomic E-state index is -0.654. The zero-order chi connectivity index (χ0) is 19.7. The van der Waals surface area contributed by atoms with Gasteiger partial charge in [-0.1, -0.05) is 12.8 Å². The highest BCUT2D eigenvalue weighted by molar-refractivity contribution is 6.45. The summed E-state index contributed by atoms with van der Waals surface area (Å²) in [5, 5.41) is 0. The number of nitrogens with zero attached hydrogens (tertiary/aromatic N) is 1. The van der Waals surface area contributed by atoms with Crippen LogP contribution in [-0.2, 0) is 14.1 Å². The molecule has 1 aliphatic carbocycles. The van der Waals surface area contributed by atoms with Gasteiger partial charge in [-0.25, -0.2) is 0 Å². The average molecular weight is 378 g/mol. The molecule has 0 aromatic rings. The molecule has 0 spiro atoms. The van der Waals surface area contributed by atoms with Crippen LogP contribution in [0.2, 0.25) is 6.32 Å². The normalized spacial score (nSPS) is 36.3. The van der Waals surface area contributed by atoms with Gasteiger partial charge in [-0.2, -0.15) is 0 Å². The second-order valence-corrected chi connectivity index (χ2v) is 10.2. The van der Waals surface area contributed by atoms with E-state index in [0.29, 0.717) is 11.8 Å². The first-order valence-electron chi connectivity index (χ1n) is 11.0. The zero-order valence-corrected chi connectivity index (χ0v) is 17.8. The predicted molar refractivity (Wildman–Crippen MR) is 110 cm³/mol. The van der Waals surface area contributed by atoms with Gasteiger partial charge in [0, 0.05) is 0 Å². The van der Waals surface area contributed by atoms with Crippen LogP contribution in [-0.4, -0.2) is 54.7 Å². The minimum absolute atomic E-state index is 0.147. The van der Waals surface area contributed by atoms with Gasteiger partial charge in [0.25, 0.3) is 0 Å². The van der Waals surface area contributed by atoms with Crippen molar-refractivity contribution in [1.82, 2.24) is 4.90 Å². The summed E-state index contributed by atoms with van der Waals surface area (Å²) in [6.45, 7) is 11.9. The Kier molecular flexibility index (Phi) is 6.41. The largest absolute Gasteiger partial charge is 0.457 e. The molecule has 2 N–H and O–H groups in total. The van der Waals surface area contributed by atoms with Gasteiger partial charge in [-0.15, -0.1) is 0 Å². The van der Waals surface area contributed by atoms with Crippen LogP contribution in [0.4, 0.5) is 0 Å². The van der Waals surface area contributed by atoms with Crippen molar-refractivity contribution in [1.29, 1.82) is 0 Å². The van der Waals surface area contributed by atoms with E-state index in [0.717, 1.165) is 51.3 Å². The standard InChI is InChI=1S/C21H39BN2O3/c1-19(2)20(3,4)27-22(26-19)11-9-17-7-8-18(21(23,15-17)16-25)10-14-24-12-5-6-13-24/h16-18H,5-15,23H2,1-4H3. The number of likely N-dealkylation sites (tertiary alicyclic amines) is 1. The van der Waals surface area contributed by atoms with Crippen molar-refractivity contribution in [3.63, 3.8) is 0 Å². The number of hydrogen-bond acceptors (Lipinski definition) is 5. The summed E-state index contributed by atoms with van der Waals surface area (Å²) in [6.07, 6.45) is 9.66. The fourth-order valence-corrected chi connectivity index (χ4v) is 5.08. The number of carbonyl (C=O) groups is 1. The molecule has 3 atom stereocenters. The molecule has 3 aliphatic rings. The zero-order valence-electron chi connectivity index (χ0n) is 17.8. The van der Waals surface area contributed by atoms with Gasteiger partial charge in [-0.3, -0.25) is 0 Å². The Morgan fingerprint density at radius 2 is 1.70 bits per heavy atom. The summed E-state index contributed by atoms with van der Waals surface area (Å²) < 4.78 is 12.2. The summed E-state index contributed by atoms with van der Waals surface area (Å²) in [5.41, 5.74) is 5.40. The molecule has 6 heteroatoms. The van der Waals surface area contributed by atoms with Gasteiger partial charge in [-0.05, 0) is 97.6 Å². The molecular weight excluding hydrogens is 339 g/mol. The minimum Gasteiger partial charge on any atom is -0.403 e. The van der Waals surface area contributed by atoms with E-state index in [1.165, 1.54) is 25.9 Å². The Morgan fingerprint density at radius 3 is 2.30 bits per heavy atom. The van der Waals surface area contributed by atoms with E-state index < -0.39 is 5.54 Å². The van der Waals surface area contributed by atoms with Gasteiger partial charge in [0.15, 0.2) is 0 Å². The highest BCUT2D eigenvalue weighted by Gasteiger charge is 2.51. The van der Waals surface area contributed by atoms with E-state index in [1.807, 2.05) is 0 Å². The van der Waals surface area contributed by atoms with Crippen LogP contribution in [0.1, 0.15) is 72.6 Å². The summed E-state index contributed by atoms with van der Waals surface area (Å²) in [5.74, 6) is 0.811. The van der Waals surface area contributed by atoms with Crippen molar-refractivity contribution in [2.24, 2.45) is 17.6 Å². The fraction of sp³-hybridized carbons (Fsp3) is 0.952. The maximum atomic E-state index is 11.9. The Labute approximate surface area is 165 Å². The fourth-order valence-electron chi connectivity index (χ4n) is 5.08. The Bertz CT molecular complexity index is 506. The third-order valence-electron chi connectivity index (χ3n) is 7.65. The summed E-state index contributed by atoms with van der Waals surface area (Å²) in [4.78, 5) is 14.4. The SMILES string of the molecule is CC1(C)OB(CCC2CCC(CCN3CCCC3)C(N)(C=O)C2)OC1(C)C. The lowest BCUT2D eigenvalue weighted by molar-refractivity contribution is -0.116. The van der Waals surface area contributed by atoms with E-state index in [-0.39, 0.29) is 18.3 Å². The van der Waals surface area contributed by atoms with E-state index in [4.69, 9.17) is 15.0 Å². The first-order chi connectivity index (χ1) is 12.7. The number of carbonyl (C=O) groups excluding carboxylic acids is 1. The molecule has 2 saturated heterocycles. The topological polar surface area (TPSA) is 64.8 Å². The highest BCUT2D eigenvalue weighted by atomic mass is 16.7. The van der Waals surface area contributed by atoms with Gasteiger partial charge >= 0.3 is 7.12 Å². The molecule has 2 heterocycles. The van der Waals surface area contributed by atoms with Crippen LogP contribution < -0.4 is 5.73 Å². The van der Waals surface area contributed by atoms with Crippen LogP contribution >= 0.6 is 0 Å². The molecule has 3 rings (SSSR count). The predicted octanol–water partition coefficient (Wildman–Crippen LogP) is 3.27. The molecule has 27 heavy (non-hydrogen) atoms. The van der Waals surface area contributed by atoms with Crippen molar-refractivity contribution in [2.45, 2.75) is 95.7 Å². The first-order valence-corrected chi connectivity index (χ1v) is 11.0. The maximum absolute atomic E-state index is 11.9. The van der Waals surface area contributed by atoms with Crippen LogP contribution in [0.15, 0.2) is 0 Å². The molecule has 1 saturated carbocycles. The molecule has 3 unspecified atom stereocenters. The van der Waals surface area contributed by atoms with Crippen molar-refractivity contribution in [3.05, 3.63) is 0 Å². The average Bonchev–Trinajstić information content (AvgIpc) is 3.18. The van der Waals surface area contributed by atoms with Crippen LogP contribution in [0.5, 0.6) is 0 Å². The molecule has 3 fully saturated rings. The van der Waals surface area contributed by atoms with E-state index in [9.17, 15) is 4.79 Å². The van der Waals surface area contributed by atoms with E-state index in [1.54, 1.807) is 0 Å². The number of aldehydes is 1. The van der Waals surface area contributed by atoms with Gasteiger partial charge in [0.1, 0.15) is 6.29 Å². The molecular formula is C21H39BN2O3. The Hall–Kier alpha value is -0.425. The Morgan fingerprint density at radius 1 is 1.07 bits per heavy atom. The summed E-state index contributed by atoms with van der Waals surface area (Å²) in [6, 6.07) is 0. The molecule has 0 amide bonds. The molecule has 0 aromatic carbocycles. The number of rotatable bonds is 7. The molecule has 0 bridgehead atoms. The maximum Gasteiger partial charge on any atom is 0.457 e. The lowest BCUT2D eigenvalue weighted by Crippen LogP contribution is -2.53. The monoisotopic (exact) mass is 378 g/mol. The quantitative estimate of drug-likeness (QED) is 0.544. The van der Waals surface area contributed by atoms with Gasteiger partial charge in [0.05, 0.1) is 16.7 Å². The molecule has 0 radical (unpaired) electrons. The third kappa shape index (κ3) is 4.77. The first kappa shape index (κ1) is 21.3. The van der Waals surface area contributed by atoms with Gasteiger partial charge < -0.3 is 24.7 Å². The molecule has 0 aromatic heterocycles. The van der Waals surface area contributed by atoms with Crippen molar-refractivity contribution in [2.75, 3.05) is 19.6 Å². The molecule has 2 aliphatic heterocycles. The van der Waals surface area contributed by atoms with Crippen LogP contribution in [0, 0.1) is 11.8 Å². The smallest absolute Gasteiger partial charge is 0.403 e. The lowest BCUT2D eigenvalue weighted by atomic mass is 9.66. The summed E-state index contributed by atoms with van der Waals surface area (Å²) >= 11 is 0. The molecule has 5 nitrogen and oxygen atoms in total. The number of hydrogen-bond donors (Lipinski definition) is 1. The number of nitrogens with two attached hydrogens (primary N) is 1. The van der Waals surface area contributed by atoms with Crippen molar-refractivity contribution < 1.29 is 14.1 Å². The van der Waals surface area contributed by atoms with E-state index >= 15 is 0 Å². The second kappa shape index (κ2) is 8.13. The van der Waals surface area contributed by atoms with Crippen LogP contribution in [0.3, 0.4) is 0 Å². The van der Waals surface area contributed by atoms with E-state index in [2.05, 4.69) is 32.6 Å². The lowest BCUT2D eigenvalue weighted by Gasteiger charge is -2.41. The highest BCUT2D eigenvalue weighted by Crippen LogP contribution is 2.41. The van der Waals surface area contributed by atoms with Crippen molar-refractivity contribution in [3.8, 4) is 0 Å². The van der Waals surface area contributed by atoms with Crippen molar-refractivity contribution >= 4 is 13.4 Å². The second-order valence-electron chi connectivity index (χ2n) is 10.2. The molecule has 154 valence electrons. The third-order valence-corrected chi connectivity index (χ3v) is 7.65. The Balaban J connectivity index is 1.48.